The van der Waals surface area contributed by atoms with E-state index in [1.54, 1.807) is 6.07 Å². The molecule has 0 aromatic heterocycles. The van der Waals surface area contributed by atoms with Crippen LogP contribution in [0.3, 0.4) is 0 Å². The van der Waals surface area contributed by atoms with Crippen LogP contribution < -0.4 is 5.73 Å². The molecule has 96 valence electrons. The molecule has 0 radical (unpaired) electrons. The summed E-state index contributed by atoms with van der Waals surface area (Å²) in [6.07, 6.45) is 0.464. The predicted octanol–water partition coefficient (Wildman–Crippen LogP) is 3.27. The molecule has 2 N–H and O–H groups in total. The van der Waals surface area contributed by atoms with E-state index < -0.39 is 5.60 Å². The van der Waals surface area contributed by atoms with Crippen molar-refractivity contribution in [3.8, 4) is 0 Å². The van der Waals surface area contributed by atoms with Crippen LogP contribution in [-0.4, -0.2) is 18.2 Å². The van der Waals surface area contributed by atoms with Crippen LogP contribution in [0.4, 0.5) is 4.39 Å². The van der Waals surface area contributed by atoms with Gasteiger partial charge in [0, 0.05) is 17.1 Å². The largest absolute Gasteiger partial charge is 0.374 e. The summed E-state index contributed by atoms with van der Waals surface area (Å²) in [5, 5.41) is 0. The van der Waals surface area contributed by atoms with Crippen molar-refractivity contribution < 1.29 is 9.13 Å². The highest BCUT2D eigenvalue weighted by atomic mass is 79.9. The van der Waals surface area contributed by atoms with Gasteiger partial charge in [-0.15, -0.1) is 0 Å². The molecule has 1 rings (SSSR count). The molecule has 1 aromatic rings. The van der Waals surface area contributed by atoms with Gasteiger partial charge in [-0.1, -0.05) is 22.0 Å². The molecule has 0 aliphatic rings. The van der Waals surface area contributed by atoms with Crippen molar-refractivity contribution in [1.29, 1.82) is 0 Å². The van der Waals surface area contributed by atoms with Crippen molar-refractivity contribution in [1.82, 2.24) is 0 Å². The molecule has 0 amide bonds. The van der Waals surface area contributed by atoms with E-state index in [2.05, 4.69) is 15.9 Å². The number of nitrogens with two attached hydrogens (primary N) is 1. The van der Waals surface area contributed by atoms with Crippen LogP contribution in [-0.2, 0) is 11.2 Å². The summed E-state index contributed by atoms with van der Waals surface area (Å²) in [6, 6.07) is 4.79. The second-order valence-corrected chi connectivity index (χ2v) is 5.50. The number of halogens is 2. The minimum absolute atomic E-state index is 0.234. The minimum atomic E-state index is -0.450. The quantitative estimate of drug-likeness (QED) is 0.906. The number of ether oxygens (including phenoxy) is 1. The number of hydrogen-bond donors (Lipinski definition) is 1. The summed E-state index contributed by atoms with van der Waals surface area (Å²) in [5.74, 6) is -0.234. The lowest BCUT2D eigenvalue weighted by Gasteiger charge is -2.31. The Morgan fingerprint density at radius 3 is 2.65 bits per heavy atom. The first-order valence-corrected chi connectivity index (χ1v) is 6.49. The van der Waals surface area contributed by atoms with E-state index in [-0.39, 0.29) is 11.9 Å². The first-order chi connectivity index (χ1) is 7.86. The zero-order valence-electron chi connectivity index (χ0n) is 10.5. The highest BCUT2D eigenvalue weighted by molar-refractivity contribution is 9.10. The van der Waals surface area contributed by atoms with Crippen molar-refractivity contribution in [3.63, 3.8) is 0 Å². The van der Waals surface area contributed by atoms with Gasteiger partial charge in [0.25, 0.3) is 0 Å². The molecule has 0 spiro atoms. The molecule has 0 saturated heterocycles. The monoisotopic (exact) mass is 303 g/mol. The molecule has 2 nitrogen and oxygen atoms in total. The zero-order valence-corrected chi connectivity index (χ0v) is 12.1. The zero-order chi connectivity index (χ0) is 13.1. The van der Waals surface area contributed by atoms with Crippen molar-refractivity contribution in [2.45, 2.75) is 38.8 Å². The molecule has 0 heterocycles. The maximum Gasteiger partial charge on any atom is 0.127 e. The maximum absolute atomic E-state index is 13.7. The topological polar surface area (TPSA) is 35.2 Å². The van der Waals surface area contributed by atoms with Gasteiger partial charge in [0.1, 0.15) is 5.82 Å². The smallest absolute Gasteiger partial charge is 0.127 e. The molecule has 1 unspecified atom stereocenters. The van der Waals surface area contributed by atoms with Crippen molar-refractivity contribution in [2.24, 2.45) is 5.73 Å². The van der Waals surface area contributed by atoms with Gasteiger partial charge in [0.15, 0.2) is 0 Å². The van der Waals surface area contributed by atoms with E-state index >= 15 is 0 Å². The van der Waals surface area contributed by atoms with Gasteiger partial charge < -0.3 is 10.5 Å². The highest BCUT2D eigenvalue weighted by Crippen LogP contribution is 2.21. The Hall–Kier alpha value is -0.450. The fraction of sp³-hybridized carbons (Fsp3) is 0.538. The Morgan fingerprint density at radius 1 is 1.47 bits per heavy atom. The summed E-state index contributed by atoms with van der Waals surface area (Å²) in [7, 11) is 0. The molecule has 17 heavy (non-hydrogen) atoms. The van der Waals surface area contributed by atoms with Crippen LogP contribution in [0.15, 0.2) is 22.7 Å². The van der Waals surface area contributed by atoms with E-state index in [1.807, 2.05) is 26.8 Å². The third-order valence-corrected chi connectivity index (χ3v) is 3.36. The molecular weight excluding hydrogens is 285 g/mol. The normalized spacial score (nSPS) is 13.8. The lowest BCUT2D eigenvalue weighted by Crippen LogP contribution is -2.46. The number of hydrogen-bond acceptors (Lipinski definition) is 2. The fourth-order valence-electron chi connectivity index (χ4n) is 1.65. The molecule has 4 heteroatoms. The Kier molecular flexibility index (Phi) is 5.10. The summed E-state index contributed by atoms with van der Waals surface area (Å²) >= 11 is 3.23. The first-order valence-electron chi connectivity index (χ1n) is 5.70. The summed E-state index contributed by atoms with van der Waals surface area (Å²) < 4.78 is 20.0. The van der Waals surface area contributed by atoms with Crippen molar-refractivity contribution in [3.05, 3.63) is 34.1 Å². The Morgan fingerprint density at radius 2 is 2.12 bits per heavy atom. The van der Waals surface area contributed by atoms with Crippen LogP contribution in [0.2, 0.25) is 0 Å². The van der Waals surface area contributed by atoms with E-state index in [0.29, 0.717) is 18.6 Å². The summed E-state index contributed by atoms with van der Waals surface area (Å²) in [5.41, 5.74) is 6.24. The molecule has 0 bridgehead atoms. The van der Waals surface area contributed by atoms with E-state index in [9.17, 15) is 4.39 Å². The van der Waals surface area contributed by atoms with Gasteiger partial charge in [-0.05, 0) is 44.9 Å². The van der Waals surface area contributed by atoms with E-state index in [0.717, 1.165) is 4.47 Å². The first kappa shape index (κ1) is 14.6. The van der Waals surface area contributed by atoms with Gasteiger partial charge >= 0.3 is 0 Å². The van der Waals surface area contributed by atoms with Crippen molar-refractivity contribution in [2.75, 3.05) is 6.61 Å². The van der Waals surface area contributed by atoms with Gasteiger partial charge in [-0.25, -0.2) is 4.39 Å². The van der Waals surface area contributed by atoms with E-state index in [4.69, 9.17) is 10.5 Å². The molecule has 0 aliphatic carbocycles. The number of rotatable bonds is 5. The predicted molar refractivity (Wildman–Crippen MR) is 71.5 cm³/mol. The third kappa shape index (κ3) is 4.05. The number of benzene rings is 1. The molecular formula is C13H19BrFNO. The lowest BCUT2D eigenvalue weighted by molar-refractivity contribution is -0.0289. The van der Waals surface area contributed by atoms with Crippen molar-refractivity contribution >= 4 is 15.9 Å². The Balaban J connectivity index is 2.77. The van der Waals surface area contributed by atoms with E-state index in [1.165, 1.54) is 6.07 Å². The Bertz CT molecular complexity index is 382. The second-order valence-electron chi connectivity index (χ2n) is 4.58. The second kappa shape index (κ2) is 5.94. The molecule has 1 atom stereocenters. The summed E-state index contributed by atoms with van der Waals surface area (Å²) in [4.78, 5) is 0. The average molecular weight is 304 g/mol. The lowest BCUT2D eigenvalue weighted by atomic mass is 9.93. The van der Waals surface area contributed by atoms with Crippen LogP contribution in [0.25, 0.3) is 0 Å². The standard InChI is InChI=1S/C13H19BrFNO/c1-4-17-13(2,3)12(16)7-9-5-6-10(14)8-11(9)15/h5-6,8,12H,4,7,16H2,1-3H3. The van der Waals surface area contributed by atoms with Gasteiger partial charge in [-0.3, -0.25) is 0 Å². The fourth-order valence-corrected chi connectivity index (χ4v) is 1.98. The average Bonchev–Trinajstić information content (AvgIpc) is 2.22. The van der Waals surface area contributed by atoms with Crippen LogP contribution in [0, 0.1) is 5.82 Å². The highest BCUT2D eigenvalue weighted by Gasteiger charge is 2.27. The molecule has 0 saturated carbocycles. The third-order valence-electron chi connectivity index (χ3n) is 2.86. The minimum Gasteiger partial charge on any atom is -0.374 e. The van der Waals surface area contributed by atoms with Crippen LogP contribution in [0.1, 0.15) is 26.3 Å². The molecule has 0 aliphatic heterocycles. The van der Waals surface area contributed by atoms with Gasteiger partial charge in [0.05, 0.1) is 5.60 Å². The SMILES string of the molecule is CCOC(C)(C)C(N)Cc1ccc(Br)cc1F. The molecule has 0 fully saturated rings. The Labute approximate surface area is 110 Å². The maximum atomic E-state index is 13.7. The molecule has 1 aromatic carbocycles. The van der Waals surface area contributed by atoms with Gasteiger partial charge in [-0.2, -0.15) is 0 Å². The van der Waals surface area contributed by atoms with Gasteiger partial charge in [0.2, 0.25) is 0 Å². The summed E-state index contributed by atoms with van der Waals surface area (Å²) in [6.45, 7) is 6.38. The van der Waals surface area contributed by atoms with Crippen LogP contribution in [0.5, 0.6) is 0 Å². The van der Waals surface area contributed by atoms with Crippen LogP contribution >= 0.6 is 15.9 Å².